The lowest BCUT2D eigenvalue weighted by Crippen LogP contribution is -2.30. The van der Waals surface area contributed by atoms with Gasteiger partial charge in [0.1, 0.15) is 12.2 Å². The normalized spacial score (nSPS) is 12.4. The molecule has 0 aliphatic rings. The van der Waals surface area contributed by atoms with Crippen LogP contribution in [0.15, 0.2) is 73.3 Å². The first kappa shape index (κ1) is 20.8. The number of ether oxygens (including phenoxy) is 2. The van der Waals surface area contributed by atoms with Crippen molar-refractivity contribution in [2.45, 2.75) is 12.0 Å². The molecule has 0 fully saturated rings. The zero-order chi connectivity index (χ0) is 18.5. The first-order valence-electron chi connectivity index (χ1n) is 8.02. The van der Waals surface area contributed by atoms with Crippen LogP contribution < -0.4 is 0 Å². The Bertz CT molecular complexity index is 625. The molecule has 0 heterocycles. The number of Topliss-reactive ketones (excluding diaryl/α,β-unsaturated/α-hetero) is 1. The van der Waals surface area contributed by atoms with Crippen molar-refractivity contribution in [2.24, 2.45) is 0 Å². The number of carbonyl (C=O) groups is 1. The van der Waals surface area contributed by atoms with Crippen molar-refractivity contribution in [3.05, 3.63) is 84.4 Å². The predicted octanol–water partition coefficient (Wildman–Crippen LogP) is 3.61. The molecule has 0 radical (unpaired) electrons. The minimum absolute atomic E-state index is 0.0214. The average molecular weight is 342 g/mol. The molecule has 2 rings (SSSR count). The van der Waals surface area contributed by atoms with E-state index in [-0.39, 0.29) is 19.0 Å². The summed E-state index contributed by atoms with van der Waals surface area (Å²) in [6, 6.07) is 18.6. The maximum Gasteiger partial charge on any atom is 0.188 e. The molecule has 1 atom stereocenters. The second-order valence-corrected chi connectivity index (χ2v) is 5.55. The molecule has 2 aromatic rings. The minimum atomic E-state index is -0.947. The number of carbonyl (C=O) groups excluding carboxylic acids is 1. The van der Waals surface area contributed by atoms with Crippen LogP contribution in [-0.4, -0.2) is 38.3 Å². The smallest absolute Gasteiger partial charge is 0.188 e. The van der Waals surface area contributed by atoms with Gasteiger partial charge in [0.05, 0.1) is 6.61 Å². The van der Waals surface area contributed by atoms with Gasteiger partial charge in [0.2, 0.25) is 0 Å². The molecule has 2 aromatic carbocycles. The molecule has 1 N–H and O–H groups in total. The number of hydrogen-bond donors (Lipinski definition) is 1. The third-order valence-corrected chi connectivity index (χ3v) is 3.55. The first-order chi connectivity index (χ1) is 12.1. The number of aliphatic hydroxyl groups is 1. The highest BCUT2D eigenvalue weighted by Crippen LogP contribution is 2.25. The molecule has 4 heteroatoms. The summed E-state index contributed by atoms with van der Waals surface area (Å²) in [6.45, 7) is 4.08. The first-order valence-corrected chi connectivity index (χ1v) is 8.02. The van der Waals surface area contributed by atoms with Gasteiger partial charge in [0, 0.05) is 26.2 Å². The second kappa shape index (κ2) is 11.3. The maximum atomic E-state index is 11.1. The summed E-state index contributed by atoms with van der Waals surface area (Å²) < 4.78 is 9.72. The number of benzene rings is 2. The summed E-state index contributed by atoms with van der Waals surface area (Å²) in [5.74, 6) is 0.0214. The van der Waals surface area contributed by atoms with E-state index in [1.807, 2.05) is 48.5 Å². The zero-order valence-corrected chi connectivity index (χ0v) is 14.9. The summed E-state index contributed by atoms with van der Waals surface area (Å²) >= 11 is 0. The molecule has 0 aromatic heterocycles. The van der Waals surface area contributed by atoms with Crippen LogP contribution in [0.4, 0.5) is 0 Å². The van der Waals surface area contributed by atoms with Gasteiger partial charge in [-0.2, -0.15) is 0 Å². The lowest BCUT2D eigenvalue weighted by molar-refractivity contribution is -0.0334. The summed E-state index contributed by atoms with van der Waals surface area (Å²) in [5.41, 5.74) is 0.619. The van der Waals surface area contributed by atoms with E-state index in [2.05, 4.69) is 6.58 Å². The zero-order valence-electron chi connectivity index (χ0n) is 14.9. The molecule has 0 spiro atoms. The van der Waals surface area contributed by atoms with Crippen molar-refractivity contribution in [1.29, 1.82) is 0 Å². The molecular formula is C21H26O4. The SMILES string of the molecule is C=CCC(O)(COC)c1ccccc1.COCC(=O)c1ccccc1. The van der Waals surface area contributed by atoms with Crippen molar-refractivity contribution >= 4 is 5.78 Å². The molecule has 134 valence electrons. The Morgan fingerprint density at radius 3 is 2.08 bits per heavy atom. The van der Waals surface area contributed by atoms with Gasteiger partial charge in [0.25, 0.3) is 0 Å². The fourth-order valence-electron chi connectivity index (χ4n) is 2.32. The fourth-order valence-corrected chi connectivity index (χ4v) is 2.32. The van der Waals surface area contributed by atoms with E-state index >= 15 is 0 Å². The van der Waals surface area contributed by atoms with Crippen LogP contribution in [0, 0.1) is 0 Å². The average Bonchev–Trinajstić information content (AvgIpc) is 2.64. The molecule has 0 saturated heterocycles. The monoisotopic (exact) mass is 342 g/mol. The van der Waals surface area contributed by atoms with Gasteiger partial charge in [-0.3, -0.25) is 4.79 Å². The third-order valence-electron chi connectivity index (χ3n) is 3.55. The number of methoxy groups -OCH3 is 2. The Kier molecular flexibility index (Phi) is 9.40. The van der Waals surface area contributed by atoms with Gasteiger partial charge in [-0.15, -0.1) is 6.58 Å². The summed E-state index contributed by atoms with van der Waals surface area (Å²) in [5, 5.41) is 10.3. The summed E-state index contributed by atoms with van der Waals surface area (Å²) in [4.78, 5) is 11.1. The van der Waals surface area contributed by atoms with Crippen molar-refractivity contribution < 1.29 is 19.4 Å². The van der Waals surface area contributed by atoms with E-state index in [0.717, 1.165) is 5.56 Å². The highest BCUT2D eigenvalue weighted by Gasteiger charge is 2.27. The van der Waals surface area contributed by atoms with Crippen molar-refractivity contribution in [1.82, 2.24) is 0 Å². The van der Waals surface area contributed by atoms with Gasteiger partial charge < -0.3 is 14.6 Å². The van der Waals surface area contributed by atoms with E-state index in [1.54, 1.807) is 25.3 Å². The highest BCUT2D eigenvalue weighted by atomic mass is 16.5. The van der Waals surface area contributed by atoms with Crippen molar-refractivity contribution in [3.8, 4) is 0 Å². The fraction of sp³-hybridized carbons (Fsp3) is 0.286. The van der Waals surface area contributed by atoms with Crippen LogP contribution in [-0.2, 0) is 15.1 Å². The predicted molar refractivity (Wildman–Crippen MR) is 99.7 cm³/mol. The molecule has 0 amide bonds. The molecule has 25 heavy (non-hydrogen) atoms. The van der Waals surface area contributed by atoms with Gasteiger partial charge in [-0.05, 0) is 5.56 Å². The molecular weight excluding hydrogens is 316 g/mol. The van der Waals surface area contributed by atoms with Crippen LogP contribution in [0.3, 0.4) is 0 Å². The third kappa shape index (κ3) is 7.01. The lowest BCUT2D eigenvalue weighted by atomic mass is 9.91. The van der Waals surface area contributed by atoms with Gasteiger partial charge >= 0.3 is 0 Å². The Morgan fingerprint density at radius 1 is 1.04 bits per heavy atom. The second-order valence-electron chi connectivity index (χ2n) is 5.55. The Balaban J connectivity index is 0.000000257. The van der Waals surface area contributed by atoms with Crippen LogP contribution in [0.25, 0.3) is 0 Å². The lowest BCUT2D eigenvalue weighted by Gasteiger charge is -2.26. The quantitative estimate of drug-likeness (QED) is 0.588. The topological polar surface area (TPSA) is 55.8 Å². The number of hydrogen-bond acceptors (Lipinski definition) is 4. The number of rotatable bonds is 8. The molecule has 1 unspecified atom stereocenters. The van der Waals surface area contributed by atoms with Crippen LogP contribution >= 0.6 is 0 Å². The highest BCUT2D eigenvalue weighted by molar-refractivity contribution is 5.96. The maximum absolute atomic E-state index is 11.1. The summed E-state index contributed by atoms with van der Waals surface area (Å²) in [6.07, 6.45) is 2.19. The summed E-state index contributed by atoms with van der Waals surface area (Å²) in [7, 11) is 3.10. The van der Waals surface area contributed by atoms with Gasteiger partial charge in [-0.1, -0.05) is 66.7 Å². The van der Waals surface area contributed by atoms with E-state index in [1.165, 1.54) is 7.11 Å². The molecule has 0 aliphatic heterocycles. The van der Waals surface area contributed by atoms with Gasteiger partial charge in [-0.25, -0.2) is 0 Å². The Labute approximate surface area is 149 Å². The molecule has 4 nitrogen and oxygen atoms in total. The van der Waals surface area contributed by atoms with Crippen molar-refractivity contribution in [2.75, 3.05) is 27.4 Å². The molecule has 0 saturated carbocycles. The van der Waals surface area contributed by atoms with E-state index in [4.69, 9.17) is 9.47 Å². The standard InChI is InChI=1S/C12H16O2.C9H10O2/c1-3-9-12(13,10-14-2)11-7-5-4-6-8-11;1-11-7-9(10)8-5-3-2-4-6-8/h3-8,13H,1,9-10H2,2H3;2-6H,7H2,1H3. The van der Waals surface area contributed by atoms with Crippen LogP contribution in [0.1, 0.15) is 22.3 Å². The molecule has 0 bridgehead atoms. The minimum Gasteiger partial charge on any atom is -0.382 e. The van der Waals surface area contributed by atoms with Gasteiger partial charge in [0.15, 0.2) is 5.78 Å². The Hall–Kier alpha value is -2.27. The van der Waals surface area contributed by atoms with E-state index in [0.29, 0.717) is 12.0 Å². The number of ketones is 1. The van der Waals surface area contributed by atoms with Crippen LogP contribution in [0.2, 0.25) is 0 Å². The van der Waals surface area contributed by atoms with E-state index in [9.17, 15) is 9.90 Å². The van der Waals surface area contributed by atoms with Crippen LogP contribution in [0.5, 0.6) is 0 Å². The largest absolute Gasteiger partial charge is 0.382 e. The Morgan fingerprint density at radius 2 is 1.60 bits per heavy atom. The van der Waals surface area contributed by atoms with Crippen molar-refractivity contribution in [3.63, 3.8) is 0 Å². The molecule has 0 aliphatic carbocycles. The van der Waals surface area contributed by atoms with E-state index < -0.39 is 5.60 Å².